The van der Waals surface area contributed by atoms with Crippen molar-refractivity contribution in [1.29, 1.82) is 0 Å². The number of rotatable bonds is 8. The number of thioether (sulfide) groups is 1. The first-order valence-electron chi connectivity index (χ1n) is 10.3. The van der Waals surface area contributed by atoms with E-state index in [1.165, 1.54) is 25.9 Å². The Morgan fingerprint density at radius 2 is 1.70 bits per heavy atom. The van der Waals surface area contributed by atoms with Crippen molar-refractivity contribution >= 4 is 28.6 Å². The molecule has 3 rings (SSSR count). The van der Waals surface area contributed by atoms with Crippen molar-refractivity contribution in [3.63, 3.8) is 0 Å². The number of benzene rings is 2. The molecule has 0 radical (unpaired) electrons. The molecule has 0 N–H and O–H groups in total. The largest absolute Gasteiger partial charge is 0.493 e. The van der Waals surface area contributed by atoms with E-state index >= 15 is 0 Å². The number of ether oxygens (including phenoxy) is 4. The van der Waals surface area contributed by atoms with Crippen molar-refractivity contribution in [3.8, 4) is 17.2 Å². The average Bonchev–Trinajstić information content (AvgIpc) is 2.78. The molecule has 0 aliphatic rings. The van der Waals surface area contributed by atoms with Crippen LogP contribution in [0.1, 0.15) is 26.3 Å². The maximum Gasteiger partial charge on any atom is 0.316 e. The van der Waals surface area contributed by atoms with Crippen molar-refractivity contribution in [2.45, 2.75) is 38.1 Å². The third-order valence-electron chi connectivity index (χ3n) is 4.64. The van der Waals surface area contributed by atoms with E-state index in [9.17, 15) is 9.59 Å². The lowest BCUT2D eigenvalue weighted by Crippen LogP contribution is -2.27. The number of carbonyl (C=O) groups excluding carboxylic acids is 1. The highest BCUT2D eigenvalue weighted by Gasteiger charge is 2.23. The van der Waals surface area contributed by atoms with Gasteiger partial charge in [0.05, 0.1) is 39.0 Å². The first-order valence-corrected chi connectivity index (χ1v) is 11.3. The van der Waals surface area contributed by atoms with Gasteiger partial charge in [0.15, 0.2) is 16.7 Å². The Morgan fingerprint density at radius 3 is 2.27 bits per heavy atom. The molecule has 0 fully saturated rings. The van der Waals surface area contributed by atoms with Gasteiger partial charge in [-0.05, 0) is 32.4 Å². The predicted octanol–water partition coefficient (Wildman–Crippen LogP) is 3.90. The Balaban J connectivity index is 2.17. The fourth-order valence-corrected chi connectivity index (χ4v) is 4.08. The fraction of sp³-hybridized carbons (Fsp3) is 0.375. The van der Waals surface area contributed by atoms with Crippen molar-refractivity contribution < 1.29 is 23.7 Å². The molecule has 0 saturated carbocycles. The maximum atomic E-state index is 13.6. The summed E-state index contributed by atoms with van der Waals surface area (Å²) in [4.78, 5) is 30.7. The first kappa shape index (κ1) is 24.4. The topological polar surface area (TPSA) is 88.9 Å². The van der Waals surface area contributed by atoms with Gasteiger partial charge in [0.2, 0.25) is 5.75 Å². The molecular weight excluding hydrogens is 444 g/mol. The van der Waals surface area contributed by atoms with Gasteiger partial charge in [0.1, 0.15) is 11.1 Å². The lowest BCUT2D eigenvalue weighted by Gasteiger charge is -2.20. The van der Waals surface area contributed by atoms with Gasteiger partial charge in [0.25, 0.3) is 5.56 Å². The van der Waals surface area contributed by atoms with Gasteiger partial charge >= 0.3 is 5.97 Å². The van der Waals surface area contributed by atoms with E-state index in [0.717, 1.165) is 17.3 Å². The van der Waals surface area contributed by atoms with Crippen LogP contribution in [0, 0.1) is 0 Å². The summed E-state index contributed by atoms with van der Waals surface area (Å²) in [6.07, 6.45) is 0. The van der Waals surface area contributed by atoms with E-state index in [4.69, 9.17) is 23.9 Å². The van der Waals surface area contributed by atoms with Gasteiger partial charge in [-0.15, -0.1) is 0 Å². The molecule has 1 aromatic heterocycles. The molecular formula is C24H28N2O6S. The molecule has 0 aliphatic carbocycles. The number of esters is 1. The molecule has 9 heteroatoms. The van der Waals surface area contributed by atoms with Gasteiger partial charge in [-0.2, -0.15) is 0 Å². The van der Waals surface area contributed by atoms with Crippen molar-refractivity contribution in [1.82, 2.24) is 9.55 Å². The Morgan fingerprint density at radius 1 is 1.03 bits per heavy atom. The van der Waals surface area contributed by atoms with Crippen molar-refractivity contribution in [2.24, 2.45) is 0 Å². The summed E-state index contributed by atoms with van der Waals surface area (Å²) in [6.45, 7) is 5.70. The van der Waals surface area contributed by atoms with Crippen LogP contribution >= 0.6 is 11.8 Å². The predicted molar refractivity (Wildman–Crippen MR) is 128 cm³/mol. The highest BCUT2D eigenvalue weighted by Crippen LogP contribution is 2.42. The number of carbonyl (C=O) groups is 1. The molecule has 0 atom stereocenters. The van der Waals surface area contributed by atoms with Crippen LogP contribution < -0.4 is 19.8 Å². The van der Waals surface area contributed by atoms with E-state index in [1.54, 1.807) is 26.8 Å². The monoisotopic (exact) mass is 472 g/mol. The zero-order valence-corrected chi connectivity index (χ0v) is 20.4. The number of nitrogens with zero attached hydrogens (tertiary/aromatic N) is 2. The van der Waals surface area contributed by atoms with E-state index < -0.39 is 11.6 Å². The normalized spacial score (nSPS) is 11.3. The maximum absolute atomic E-state index is 13.6. The molecule has 1 heterocycles. The van der Waals surface area contributed by atoms with Gasteiger partial charge in [-0.3, -0.25) is 14.2 Å². The Labute approximate surface area is 196 Å². The SMILES string of the molecule is COc1cc2c(=O)n(Cc3ccccc3)c(SCC(=O)OC(C)(C)C)nc2c(OC)c1OC. The fourth-order valence-electron chi connectivity index (χ4n) is 3.31. The van der Waals surface area contributed by atoms with Crippen molar-refractivity contribution in [3.05, 3.63) is 52.3 Å². The summed E-state index contributed by atoms with van der Waals surface area (Å²) in [5.41, 5.74) is 0.365. The highest BCUT2D eigenvalue weighted by atomic mass is 32.2. The Bertz CT molecular complexity index is 1200. The Kier molecular flexibility index (Phi) is 7.53. The summed E-state index contributed by atoms with van der Waals surface area (Å²) < 4.78 is 23.3. The summed E-state index contributed by atoms with van der Waals surface area (Å²) >= 11 is 1.14. The summed E-state index contributed by atoms with van der Waals surface area (Å²) in [7, 11) is 4.45. The minimum absolute atomic E-state index is 0.000385. The number of hydrogen-bond acceptors (Lipinski definition) is 8. The molecule has 0 unspecified atom stereocenters. The molecule has 3 aromatic rings. The van der Waals surface area contributed by atoms with Gasteiger partial charge < -0.3 is 18.9 Å². The molecule has 0 bridgehead atoms. The lowest BCUT2D eigenvalue weighted by molar-refractivity contribution is -0.151. The number of hydrogen-bond donors (Lipinski definition) is 0. The van der Waals surface area contributed by atoms with Crippen LogP contribution in [0.15, 0.2) is 46.3 Å². The van der Waals surface area contributed by atoms with Gasteiger partial charge in [-0.25, -0.2) is 4.98 Å². The molecule has 0 spiro atoms. The van der Waals surface area contributed by atoms with Crippen LogP contribution in [-0.4, -0.2) is 48.2 Å². The summed E-state index contributed by atoms with van der Waals surface area (Å²) in [6, 6.07) is 11.2. The van der Waals surface area contributed by atoms with Gasteiger partial charge in [0, 0.05) is 0 Å². The minimum Gasteiger partial charge on any atom is -0.493 e. The van der Waals surface area contributed by atoms with E-state index in [0.29, 0.717) is 27.6 Å². The van der Waals surface area contributed by atoms with E-state index in [1.807, 2.05) is 30.3 Å². The second-order valence-electron chi connectivity index (χ2n) is 8.19. The molecule has 0 amide bonds. The number of fused-ring (bicyclic) bond motifs is 1. The highest BCUT2D eigenvalue weighted by molar-refractivity contribution is 7.99. The molecule has 0 saturated heterocycles. The van der Waals surface area contributed by atoms with Crippen molar-refractivity contribution in [2.75, 3.05) is 27.1 Å². The molecule has 176 valence electrons. The second kappa shape index (κ2) is 10.2. The zero-order chi connectivity index (χ0) is 24.2. The third kappa shape index (κ3) is 5.60. The van der Waals surface area contributed by atoms with Crippen LogP contribution in [0.2, 0.25) is 0 Å². The number of methoxy groups -OCH3 is 3. The molecule has 0 aliphatic heterocycles. The third-order valence-corrected chi connectivity index (χ3v) is 5.59. The molecule has 2 aromatic carbocycles. The van der Waals surface area contributed by atoms with Crippen LogP contribution in [0.3, 0.4) is 0 Å². The average molecular weight is 473 g/mol. The summed E-state index contributed by atoms with van der Waals surface area (Å²) in [5.74, 6) is 0.589. The molecule has 8 nitrogen and oxygen atoms in total. The summed E-state index contributed by atoms with van der Waals surface area (Å²) in [5, 5.41) is 0.690. The minimum atomic E-state index is -0.606. The van der Waals surface area contributed by atoms with Gasteiger partial charge in [-0.1, -0.05) is 42.1 Å². The van der Waals surface area contributed by atoms with Crippen LogP contribution in [0.5, 0.6) is 17.2 Å². The van der Waals surface area contributed by atoms with E-state index in [-0.39, 0.29) is 23.6 Å². The second-order valence-corrected chi connectivity index (χ2v) is 9.13. The Hall–Kier alpha value is -3.20. The zero-order valence-electron chi connectivity index (χ0n) is 19.6. The van der Waals surface area contributed by atoms with Crippen LogP contribution in [-0.2, 0) is 16.1 Å². The van der Waals surface area contributed by atoms with E-state index in [2.05, 4.69) is 0 Å². The standard InChI is InChI=1S/C24H28N2O6S/c1-24(2,3)32-18(27)14-33-23-25-19-16(12-17(29-4)20(30-5)21(19)31-6)22(28)26(23)13-15-10-8-7-9-11-15/h7-12H,13-14H2,1-6H3. The van der Waals surface area contributed by atoms with Crippen LogP contribution in [0.4, 0.5) is 0 Å². The first-order chi connectivity index (χ1) is 15.7. The molecule has 33 heavy (non-hydrogen) atoms. The number of aromatic nitrogens is 2. The lowest BCUT2D eigenvalue weighted by atomic mass is 10.2. The quantitative estimate of drug-likeness (QED) is 0.277. The van der Waals surface area contributed by atoms with Crippen LogP contribution in [0.25, 0.3) is 10.9 Å². The smallest absolute Gasteiger partial charge is 0.316 e.